The Labute approximate surface area is 119 Å². The van der Waals surface area contributed by atoms with E-state index in [4.69, 9.17) is 11.8 Å². The van der Waals surface area contributed by atoms with Gasteiger partial charge in [0.2, 0.25) is 0 Å². The second-order valence-corrected chi connectivity index (χ2v) is 9.96. The van der Waals surface area contributed by atoms with Crippen LogP contribution in [0.5, 0.6) is 0 Å². The summed E-state index contributed by atoms with van der Waals surface area (Å²) in [5.41, 5.74) is 0. The number of benzene rings is 2. The van der Waals surface area contributed by atoms with E-state index in [1.807, 2.05) is 74.5 Å². The molecule has 2 aromatic rings. The summed E-state index contributed by atoms with van der Waals surface area (Å²) in [4.78, 5) is 0. The zero-order valence-corrected chi connectivity index (χ0v) is 12.8. The molecule has 0 unspecified atom stereocenters. The Hall–Kier alpha value is -1.42. The van der Waals surface area contributed by atoms with Crippen LogP contribution < -0.4 is 10.6 Å². The molecule has 0 aliphatic carbocycles. The fourth-order valence-corrected chi connectivity index (χ4v) is 5.91. The lowest BCUT2D eigenvalue weighted by atomic mass is 10.2. The van der Waals surface area contributed by atoms with E-state index in [0.29, 0.717) is 0 Å². The molecule has 0 N–H and O–H groups in total. The standard InChI is InChI=1S/C16H16NPS/c1-16(2,13-17)18(19,14-9-5-3-6-10-14)15-11-7-4-8-12-15/h3-12H,1-2H3. The van der Waals surface area contributed by atoms with E-state index in [1.165, 1.54) is 0 Å². The molecule has 0 aromatic heterocycles. The third-order valence-corrected chi connectivity index (χ3v) is 9.66. The summed E-state index contributed by atoms with van der Waals surface area (Å²) in [6.45, 7) is 3.90. The summed E-state index contributed by atoms with van der Waals surface area (Å²) in [5, 5.41) is 11.2. The molecule has 2 rings (SSSR count). The SMILES string of the molecule is CC(C)(C#N)P(=S)(c1ccccc1)c1ccccc1. The van der Waals surface area contributed by atoms with Crippen LogP contribution in [-0.4, -0.2) is 5.16 Å². The van der Waals surface area contributed by atoms with E-state index in [0.717, 1.165) is 10.6 Å². The smallest absolute Gasteiger partial charge is 0.0881 e. The molecule has 0 saturated carbocycles. The predicted molar refractivity (Wildman–Crippen MR) is 86.1 cm³/mol. The molecule has 0 atom stereocenters. The maximum absolute atomic E-state index is 9.56. The van der Waals surface area contributed by atoms with Crippen LogP contribution in [0.2, 0.25) is 0 Å². The van der Waals surface area contributed by atoms with Crippen LogP contribution in [0.1, 0.15) is 13.8 Å². The number of nitrogens with zero attached hydrogens (tertiary/aromatic N) is 1. The van der Waals surface area contributed by atoms with Crippen LogP contribution in [0.4, 0.5) is 0 Å². The summed E-state index contributed by atoms with van der Waals surface area (Å²) in [5.74, 6) is 0. The van der Waals surface area contributed by atoms with Crippen molar-refractivity contribution in [2.75, 3.05) is 0 Å². The Morgan fingerprint density at radius 3 is 1.58 bits per heavy atom. The number of nitriles is 1. The van der Waals surface area contributed by atoms with Gasteiger partial charge in [-0.15, -0.1) is 0 Å². The van der Waals surface area contributed by atoms with Crippen molar-refractivity contribution >= 4 is 28.5 Å². The van der Waals surface area contributed by atoms with E-state index in [1.54, 1.807) is 0 Å². The van der Waals surface area contributed by atoms with E-state index >= 15 is 0 Å². The number of hydrogen-bond acceptors (Lipinski definition) is 2. The molecule has 3 heteroatoms. The zero-order valence-electron chi connectivity index (χ0n) is 11.1. The highest BCUT2D eigenvalue weighted by molar-refractivity contribution is 8.22. The van der Waals surface area contributed by atoms with E-state index in [-0.39, 0.29) is 0 Å². The van der Waals surface area contributed by atoms with Crippen molar-refractivity contribution in [2.24, 2.45) is 0 Å². The van der Waals surface area contributed by atoms with Crippen LogP contribution in [0.15, 0.2) is 60.7 Å². The monoisotopic (exact) mass is 285 g/mol. The molecule has 2 aromatic carbocycles. The molecule has 0 bridgehead atoms. The first-order valence-electron chi connectivity index (χ1n) is 6.15. The van der Waals surface area contributed by atoms with Gasteiger partial charge in [0.1, 0.15) is 0 Å². The number of rotatable bonds is 3. The highest BCUT2D eigenvalue weighted by atomic mass is 32.4. The molecule has 19 heavy (non-hydrogen) atoms. The van der Waals surface area contributed by atoms with Crippen LogP contribution >= 0.6 is 6.04 Å². The molecule has 0 heterocycles. The first-order chi connectivity index (χ1) is 9.02. The predicted octanol–water partition coefficient (Wildman–Crippen LogP) is 3.42. The van der Waals surface area contributed by atoms with Crippen LogP contribution in [0, 0.1) is 11.3 Å². The molecule has 0 saturated heterocycles. The number of hydrogen-bond donors (Lipinski definition) is 0. The summed E-state index contributed by atoms with van der Waals surface area (Å²) in [6.07, 6.45) is 0. The summed E-state index contributed by atoms with van der Waals surface area (Å²) >= 11 is 6.06. The van der Waals surface area contributed by atoms with Crippen molar-refractivity contribution in [1.29, 1.82) is 5.26 Å². The Morgan fingerprint density at radius 1 is 0.895 bits per heavy atom. The summed E-state index contributed by atoms with van der Waals surface area (Å²) in [7, 11) is 0. The van der Waals surface area contributed by atoms with Crippen LogP contribution in [0.3, 0.4) is 0 Å². The van der Waals surface area contributed by atoms with Gasteiger partial charge in [-0.25, -0.2) is 0 Å². The Balaban J connectivity index is 2.74. The van der Waals surface area contributed by atoms with Crippen molar-refractivity contribution < 1.29 is 0 Å². The molecule has 96 valence electrons. The Kier molecular flexibility index (Phi) is 3.90. The molecule has 0 aliphatic heterocycles. The van der Waals surface area contributed by atoms with Gasteiger partial charge in [-0.3, -0.25) is 0 Å². The second kappa shape index (κ2) is 5.29. The van der Waals surface area contributed by atoms with Gasteiger partial charge in [0, 0.05) is 6.04 Å². The van der Waals surface area contributed by atoms with Crippen LogP contribution in [0.25, 0.3) is 0 Å². The van der Waals surface area contributed by atoms with Gasteiger partial charge in [0.15, 0.2) is 0 Å². The second-order valence-electron chi connectivity index (χ2n) is 4.95. The highest BCUT2D eigenvalue weighted by Gasteiger charge is 2.38. The third-order valence-electron chi connectivity index (χ3n) is 3.30. The average Bonchev–Trinajstić information content (AvgIpc) is 2.48. The molecular weight excluding hydrogens is 269 g/mol. The zero-order chi connectivity index (χ0) is 13.9. The maximum atomic E-state index is 9.56. The van der Waals surface area contributed by atoms with Crippen molar-refractivity contribution in [1.82, 2.24) is 0 Å². The van der Waals surface area contributed by atoms with Gasteiger partial charge in [-0.2, -0.15) is 5.26 Å². The topological polar surface area (TPSA) is 23.8 Å². The minimum absolute atomic E-state index is 0.564. The average molecular weight is 285 g/mol. The largest absolute Gasteiger partial charge is 0.197 e. The van der Waals surface area contributed by atoms with Crippen molar-refractivity contribution in [3.8, 4) is 6.07 Å². The minimum atomic E-state index is -2.15. The molecular formula is C16H16NPS. The van der Waals surface area contributed by atoms with Crippen LogP contribution in [-0.2, 0) is 11.8 Å². The lowest BCUT2D eigenvalue weighted by Crippen LogP contribution is -2.31. The summed E-state index contributed by atoms with van der Waals surface area (Å²) < 4.78 is 0. The van der Waals surface area contributed by atoms with Gasteiger partial charge >= 0.3 is 0 Å². The molecule has 1 nitrogen and oxygen atoms in total. The van der Waals surface area contributed by atoms with Gasteiger partial charge in [-0.05, 0) is 24.5 Å². The highest BCUT2D eigenvalue weighted by Crippen LogP contribution is 2.55. The van der Waals surface area contributed by atoms with Crippen molar-refractivity contribution in [3.63, 3.8) is 0 Å². The van der Waals surface area contributed by atoms with E-state index in [2.05, 4.69) is 6.07 Å². The van der Waals surface area contributed by atoms with Crippen molar-refractivity contribution in [2.45, 2.75) is 19.0 Å². The first kappa shape index (κ1) is 14.0. The lowest BCUT2D eigenvalue weighted by molar-refractivity contribution is 0.902. The Morgan fingerprint density at radius 2 is 1.26 bits per heavy atom. The minimum Gasteiger partial charge on any atom is -0.197 e. The molecule has 0 radical (unpaired) electrons. The third kappa shape index (κ3) is 2.37. The summed E-state index contributed by atoms with van der Waals surface area (Å²) in [6, 6.07) is 20.4. The molecule has 0 spiro atoms. The first-order valence-corrected chi connectivity index (χ1v) is 8.95. The van der Waals surface area contributed by atoms with Gasteiger partial charge in [0.05, 0.1) is 11.2 Å². The van der Waals surface area contributed by atoms with Crippen molar-refractivity contribution in [3.05, 3.63) is 60.7 Å². The molecule has 0 amide bonds. The van der Waals surface area contributed by atoms with Gasteiger partial charge in [0.25, 0.3) is 0 Å². The lowest BCUT2D eigenvalue weighted by Gasteiger charge is -2.33. The van der Waals surface area contributed by atoms with Gasteiger partial charge < -0.3 is 0 Å². The fraction of sp³-hybridized carbons (Fsp3) is 0.188. The van der Waals surface area contributed by atoms with Gasteiger partial charge in [-0.1, -0.05) is 72.5 Å². The maximum Gasteiger partial charge on any atom is 0.0881 e. The van der Waals surface area contributed by atoms with E-state index < -0.39 is 11.2 Å². The molecule has 0 fully saturated rings. The quantitative estimate of drug-likeness (QED) is 0.807. The fourth-order valence-electron chi connectivity index (χ4n) is 2.14. The van der Waals surface area contributed by atoms with E-state index in [9.17, 15) is 5.26 Å². The normalized spacial score (nSPS) is 11.8. The Bertz CT molecular complexity index is 598. The molecule has 0 aliphatic rings.